The Bertz CT molecular complexity index is 298. The van der Waals surface area contributed by atoms with Crippen LogP contribution in [-0.4, -0.2) is 6.54 Å². The highest BCUT2D eigenvalue weighted by Gasteiger charge is 2.10. The van der Waals surface area contributed by atoms with Crippen LogP contribution in [0.4, 0.5) is 0 Å². The zero-order valence-corrected chi connectivity index (χ0v) is 7.30. The zero-order valence-electron chi connectivity index (χ0n) is 7.30. The summed E-state index contributed by atoms with van der Waals surface area (Å²) in [6.07, 6.45) is 1.18. The normalized spacial score (nSPS) is 16.4. The Balaban J connectivity index is 2.37. The zero-order chi connectivity index (χ0) is 8.39. The Morgan fingerprint density at radius 2 is 1.92 bits per heavy atom. The van der Waals surface area contributed by atoms with E-state index >= 15 is 0 Å². The summed E-state index contributed by atoms with van der Waals surface area (Å²) < 4.78 is 0. The van der Waals surface area contributed by atoms with Gasteiger partial charge in [0.2, 0.25) is 0 Å². The molecule has 0 radical (unpaired) electrons. The van der Waals surface area contributed by atoms with E-state index < -0.39 is 0 Å². The second-order valence-electron chi connectivity index (χ2n) is 3.20. The fourth-order valence-corrected chi connectivity index (χ4v) is 1.60. The average Bonchev–Trinajstić information content (AvgIpc) is 2.53. The van der Waals surface area contributed by atoms with Gasteiger partial charge >= 0.3 is 0 Å². The molecule has 1 nitrogen and oxygen atoms in total. The van der Waals surface area contributed by atoms with Crippen LogP contribution in [0.5, 0.6) is 0 Å². The lowest BCUT2D eigenvalue weighted by atomic mass is 10.1. The largest absolute Gasteiger partial charge is 0.384 e. The summed E-state index contributed by atoms with van der Waals surface area (Å²) in [5.74, 6) is 0. The lowest BCUT2D eigenvalue weighted by Crippen LogP contribution is -2.05. The van der Waals surface area contributed by atoms with E-state index in [4.69, 9.17) is 0 Å². The predicted octanol–water partition coefficient (Wildman–Crippen LogP) is 2.41. The van der Waals surface area contributed by atoms with Crippen molar-refractivity contribution in [3.63, 3.8) is 0 Å². The molecule has 1 aliphatic heterocycles. The summed E-state index contributed by atoms with van der Waals surface area (Å²) in [6, 6.07) is 10.5. The van der Waals surface area contributed by atoms with Crippen LogP contribution in [0.3, 0.4) is 0 Å². The van der Waals surface area contributed by atoms with E-state index in [2.05, 4.69) is 36.5 Å². The van der Waals surface area contributed by atoms with E-state index in [1.165, 1.54) is 23.3 Å². The third-order valence-electron chi connectivity index (χ3n) is 2.29. The molecule has 0 unspecified atom stereocenters. The first kappa shape index (κ1) is 7.41. The Kier molecular flexibility index (Phi) is 1.86. The van der Waals surface area contributed by atoms with Gasteiger partial charge in [-0.15, -0.1) is 0 Å². The summed E-state index contributed by atoms with van der Waals surface area (Å²) in [4.78, 5) is 0. The quantitative estimate of drug-likeness (QED) is 0.663. The SMILES string of the molecule is CC1=C(c2ccccc2)NCC1. The second-order valence-corrected chi connectivity index (χ2v) is 3.20. The van der Waals surface area contributed by atoms with Gasteiger partial charge in [0.25, 0.3) is 0 Å². The summed E-state index contributed by atoms with van der Waals surface area (Å²) in [5.41, 5.74) is 4.12. The van der Waals surface area contributed by atoms with Gasteiger partial charge in [0, 0.05) is 12.2 Å². The minimum Gasteiger partial charge on any atom is -0.384 e. The predicted molar refractivity (Wildman–Crippen MR) is 51.7 cm³/mol. The van der Waals surface area contributed by atoms with Gasteiger partial charge in [0.15, 0.2) is 0 Å². The maximum absolute atomic E-state index is 3.40. The fraction of sp³-hybridized carbons (Fsp3) is 0.273. The van der Waals surface area contributed by atoms with Gasteiger partial charge in [-0.3, -0.25) is 0 Å². The Labute approximate surface area is 73.1 Å². The topological polar surface area (TPSA) is 12.0 Å². The van der Waals surface area contributed by atoms with E-state index in [0.717, 1.165) is 6.54 Å². The molecule has 1 aromatic carbocycles. The van der Waals surface area contributed by atoms with Crippen molar-refractivity contribution in [1.29, 1.82) is 0 Å². The van der Waals surface area contributed by atoms with E-state index in [9.17, 15) is 0 Å². The molecule has 1 aliphatic rings. The number of benzene rings is 1. The van der Waals surface area contributed by atoms with Crippen molar-refractivity contribution in [2.45, 2.75) is 13.3 Å². The number of hydrogen-bond acceptors (Lipinski definition) is 1. The van der Waals surface area contributed by atoms with Crippen molar-refractivity contribution < 1.29 is 0 Å². The van der Waals surface area contributed by atoms with E-state index in [-0.39, 0.29) is 0 Å². The van der Waals surface area contributed by atoms with Gasteiger partial charge in [0.05, 0.1) is 0 Å². The molecule has 0 saturated heterocycles. The number of hydrogen-bond donors (Lipinski definition) is 1. The molecule has 2 rings (SSSR count). The number of nitrogens with one attached hydrogen (secondary N) is 1. The second kappa shape index (κ2) is 3.02. The molecule has 62 valence electrons. The molecule has 1 aromatic rings. The maximum atomic E-state index is 3.40. The molecule has 0 saturated carbocycles. The van der Waals surface area contributed by atoms with E-state index in [0.29, 0.717) is 0 Å². The van der Waals surface area contributed by atoms with Gasteiger partial charge in [-0.25, -0.2) is 0 Å². The van der Waals surface area contributed by atoms with Crippen LogP contribution in [0.1, 0.15) is 18.9 Å². The molecule has 0 amide bonds. The summed E-state index contributed by atoms with van der Waals surface area (Å²) in [7, 11) is 0. The molecule has 0 atom stereocenters. The van der Waals surface area contributed by atoms with Gasteiger partial charge < -0.3 is 5.32 Å². The summed E-state index contributed by atoms with van der Waals surface area (Å²) in [5, 5.41) is 3.40. The van der Waals surface area contributed by atoms with Crippen molar-refractivity contribution in [2.75, 3.05) is 6.54 Å². The highest BCUT2D eigenvalue weighted by Crippen LogP contribution is 2.21. The van der Waals surface area contributed by atoms with Crippen LogP contribution in [0.2, 0.25) is 0 Å². The molecule has 1 heterocycles. The molecule has 1 N–H and O–H groups in total. The molecule has 0 bridgehead atoms. The Hall–Kier alpha value is -1.24. The molecule has 0 spiro atoms. The van der Waals surface area contributed by atoms with Crippen molar-refractivity contribution in [2.24, 2.45) is 0 Å². The van der Waals surface area contributed by atoms with Crippen molar-refractivity contribution in [1.82, 2.24) is 5.32 Å². The lowest BCUT2D eigenvalue weighted by Gasteiger charge is -2.04. The maximum Gasteiger partial charge on any atom is 0.0403 e. The molecule has 0 aromatic heterocycles. The molecular weight excluding hydrogens is 146 g/mol. The summed E-state index contributed by atoms with van der Waals surface area (Å²) in [6.45, 7) is 3.29. The standard InChI is InChI=1S/C11H13N/c1-9-7-8-12-11(9)10-5-3-2-4-6-10/h2-6,12H,7-8H2,1H3. The molecular formula is C11H13N. The van der Waals surface area contributed by atoms with Crippen LogP contribution >= 0.6 is 0 Å². The van der Waals surface area contributed by atoms with Crippen LogP contribution in [0, 0.1) is 0 Å². The molecule has 1 heteroatoms. The van der Waals surface area contributed by atoms with Crippen molar-refractivity contribution >= 4 is 5.70 Å². The molecule has 0 fully saturated rings. The van der Waals surface area contributed by atoms with Gasteiger partial charge in [-0.2, -0.15) is 0 Å². The third-order valence-corrected chi connectivity index (χ3v) is 2.29. The average molecular weight is 159 g/mol. The van der Waals surface area contributed by atoms with Crippen LogP contribution < -0.4 is 5.32 Å². The first-order chi connectivity index (χ1) is 5.88. The van der Waals surface area contributed by atoms with Crippen LogP contribution in [-0.2, 0) is 0 Å². The third kappa shape index (κ3) is 1.22. The Morgan fingerprint density at radius 3 is 2.50 bits per heavy atom. The smallest absolute Gasteiger partial charge is 0.0403 e. The van der Waals surface area contributed by atoms with Crippen molar-refractivity contribution in [3.05, 3.63) is 41.5 Å². The molecule has 12 heavy (non-hydrogen) atoms. The number of rotatable bonds is 1. The Morgan fingerprint density at radius 1 is 1.17 bits per heavy atom. The summed E-state index contributed by atoms with van der Waals surface area (Å²) >= 11 is 0. The highest BCUT2D eigenvalue weighted by atomic mass is 14.9. The first-order valence-corrected chi connectivity index (χ1v) is 4.37. The first-order valence-electron chi connectivity index (χ1n) is 4.37. The van der Waals surface area contributed by atoms with E-state index in [1.807, 2.05) is 6.07 Å². The lowest BCUT2D eigenvalue weighted by molar-refractivity contribution is 0.913. The van der Waals surface area contributed by atoms with Crippen LogP contribution in [0.25, 0.3) is 5.70 Å². The van der Waals surface area contributed by atoms with Crippen molar-refractivity contribution in [3.8, 4) is 0 Å². The highest BCUT2D eigenvalue weighted by molar-refractivity contribution is 5.68. The monoisotopic (exact) mass is 159 g/mol. The van der Waals surface area contributed by atoms with Crippen LogP contribution in [0.15, 0.2) is 35.9 Å². The van der Waals surface area contributed by atoms with Gasteiger partial charge in [-0.05, 0) is 24.5 Å². The van der Waals surface area contributed by atoms with Gasteiger partial charge in [-0.1, -0.05) is 30.3 Å². The fourth-order valence-electron chi connectivity index (χ4n) is 1.60. The minimum atomic E-state index is 1.09. The minimum absolute atomic E-state index is 1.09. The van der Waals surface area contributed by atoms with Gasteiger partial charge in [0.1, 0.15) is 0 Å². The molecule has 0 aliphatic carbocycles. The van der Waals surface area contributed by atoms with E-state index in [1.54, 1.807) is 0 Å².